The summed E-state index contributed by atoms with van der Waals surface area (Å²) in [6, 6.07) is 10.4. The maximum atomic E-state index is 5.98. The summed E-state index contributed by atoms with van der Waals surface area (Å²) in [7, 11) is 0. The fourth-order valence-electron chi connectivity index (χ4n) is 1.87. The van der Waals surface area contributed by atoms with Crippen LogP contribution < -0.4 is 5.73 Å². The largest absolute Gasteiger partial charge is 0.461 e. The summed E-state index contributed by atoms with van der Waals surface area (Å²) in [4.78, 5) is 0. The van der Waals surface area contributed by atoms with Gasteiger partial charge in [0.25, 0.3) is 0 Å². The molecule has 2 heteroatoms. The van der Waals surface area contributed by atoms with Crippen molar-refractivity contribution in [1.29, 1.82) is 0 Å². The molecule has 0 fully saturated rings. The first-order valence-electron chi connectivity index (χ1n) is 5.52. The average Bonchev–Trinajstić information content (AvgIpc) is 2.59. The van der Waals surface area contributed by atoms with Crippen LogP contribution in [0.3, 0.4) is 0 Å². The predicted molar refractivity (Wildman–Crippen MR) is 62.8 cm³/mol. The van der Waals surface area contributed by atoms with Gasteiger partial charge in [-0.25, -0.2) is 0 Å². The summed E-state index contributed by atoms with van der Waals surface area (Å²) in [5.41, 5.74) is 6.93. The number of benzene rings is 1. The zero-order valence-electron chi connectivity index (χ0n) is 9.07. The summed E-state index contributed by atoms with van der Waals surface area (Å²) in [6.45, 7) is 2.15. The van der Waals surface area contributed by atoms with Gasteiger partial charge in [-0.1, -0.05) is 31.5 Å². The molecule has 1 atom stereocenters. The quantitative estimate of drug-likeness (QED) is 0.829. The number of hydrogen-bond acceptors (Lipinski definition) is 2. The highest BCUT2D eigenvalue weighted by Crippen LogP contribution is 2.20. The molecule has 0 amide bonds. The van der Waals surface area contributed by atoms with E-state index in [2.05, 4.69) is 19.1 Å². The van der Waals surface area contributed by atoms with Crippen molar-refractivity contribution in [2.45, 2.75) is 32.2 Å². The third-order valence-electron chi connectivity index (χ3n) is 2.60. The van der Waals surface area contributed by atoms with Crippen LogP contribution in [-0.4, -0.2) is 6.04 Å². The predicted octanol–water partition coefficient (Wildman–Crippen LogP) is 3.10. The smallest absolute Gasteiger partial charge is 0.134 e. The Balaban J connectivity index is 2.15. The Morgan fingerprint density at radius 3 is 2.87 bits per heavy atom. The number of nitrogens with two attached hydrogens (primary N) is 1. The molecule has 0 aliphatic rings. The van der Waals surface area contributed by atoms with E-state index in [9.17, 15) is 0 Å². The van der Waals surface area contributed by atoms with Gasteiger partial charge >= 0.3 is 0 Å². The lowest BCUT2D eigenvalue weighted by Gasteiger charge is -2.06. The van der Waals surface area contributed by atoms with E-state index in [0.717, 1.165) is 36.0 Å². The van der Waals surface area contributed by atoms with E-state index in [-0.39, 0.29) is 6.04 Å². The first kappa shape index (κ1) is 10.2. The van der Waals surface area contributed by atoms with Crippen molar-refractivity contribution in [1.82, 2.24) is 0 Å². The van der Waals surface area contributed by atoms with Crippen LogP contribution in [0.25, 0.3) is 11.0 Å². The molecule has 80 valence electrons. The van der Waals surface area contributed by atoms with Gasteiger partial charge in [-0.05, 0) is 18.6 Å². The number of furan rings is 1. The molecule has 2 rings (SSSR count). The van der Waals surface area contributed by atoms with Crippen LogP contribution in [-0.2, 0) is 6.42 Å². The fraction of sp³-hybridized carbons (Fsp3) is 0.385. The molecular formula is C13H17NO. The molecular weight excluding hydrogens is 186 g/mol. The normalized spacial score (nSPS) is 13.2. The number of hydrogen-bond donors (Lipinski definition) is 1. The second-order valence-corrected chi connectivity index (χ2v) is 4.00. The summed E-state index contributed by atoms with van der Waals surface area (Å²) < 4.78 is 5.71. The Kier molecular flexibility index (Phi) is 3.07. The molecule has 0 saturated heterocycles. The molecule has 1 aromatic carbocycles. The zero-order chi connectivity index (χ0) is 10.7. The molecule has 0 spiro atoms. The molecule has 15 heavy (non-hydrogen) atoms. The Labute approximate surface area is 90.1 Å². The standard InChI is InChI=1S/C13H17NO/c1-2-5-11(14)9-12-8-10-6-3-4-7-13(10)15-12/h3-4,6-8,11H,2,5,9,14H2,1H3. The molecule has 0 saturated carbocycles. The average molecular weight is 203 g/mol. The Morgan fingerprint density at radius 1 is 1.33 bits per heavy atom. The van der Waals surface area contributed by atoms with Crippen LogP contribution in [0.5, 0.6) is 0 Å². The van der Waals surface area contributed by atoms with Crippen molar-refractivity contribution in [2.75, 3.05) is 0 Å². The first-order valence-corrected chi connectivity index (χ1v) is 5.52. The fourth-order valence-corrected chi connectivity index (χ4v) is 1.87. The molecule has 0 bridgehead atoms. The van der Waals surface area contributed by atoms with Gasteiger partial charge in [-0.2, -0.15) is 0 Å². The van der Waals surface area contributed by atoms with Gasteiger partial charge in [-0.15, -0.1) is 0 Å². The van der Waals surface area contributed by atoms with Gasteiger partial charge in [0.1, 0.15) is 11.3 Å². The topological polar surface area (TPSA) is 39.2 Å². The molecule has 0 aliphatic heterocycles. The van der Waals surface area contributed by atoms with Gasteiger partial charge in [0.15, 0.2) is 0 Å². The second-order valence-electron chi connectivity index (χ2n) is 4.00. The summed E-state index contributed by atoms with van der Waals surface area (Å²) >= 11 is 0. The lowest BCUT2D eigenvalue weighted by molar-refractivity contribution is 0.497. The van der Waals surface area contributed by atoms with Gasteiger partial charge in [0, 0.05) is 17.8 Å². The van der Waals surface area contributed by atoms with E-state index < -0.39 is 0 Å². The van der Waals surface area contributed by atoms with E-state index >= 15 is 0 Å². The van der Waals surface area contributed by atoms with Crippen molar-refractivity contribution in [3.8, 4) is 0 Å². The second kappa shape index (κ2) is 4.49. The molecule has 1 unspecified atom stereocenters. The summed E-state index contributed by atoms with van der Waals surface area (Å²) in [6.07, 6.45) is 3.01. The minimum Gasteiger partial charge on any atom is -0.461 e. The van der Waals surface area contributed by atoms with Gasteiger partial charge in [0.05, 0.1) is 0 Å². The van der Waals surface area contributed by atoms with Crippen molar-refractivity contribution in [2.24, 2.45) is 5.73 Å². The van der Waals surface area contributed by atoms with Crippen molar-refractivity contribution < 1.29 is 4.42 Å². The van der Waals surface area contributed by atoms with Crippen LogP contribution in [0, 0.1) is 0 Å². The van der Waals surface area contributed by atoms with Gasteiger partial charge < -0.3 is 10.2 Å². The van der Waals surface area contributed by atoms with Crippen LogP contribution in [0.1, 0.15) is 25.5 Å². The molecule has 2 N–H and O–H groups in total. The van der Waals surface area contributed by atoms with Crippen LogP contribution in [0.2, 0.25) is 0 Å². The van der Waals surface area contributed by atoms with Crippen LogP contribution >= 0.6 is 0 Å². The van der Waals surface area contributed by atoms with E-state index in [1.165, 1.54) is 0 Å². The number of rotatable bonds is 4. The molecule has 1 aromatic heterocycles. The maximum absolute atomic E-state index is 5.98. The molecule has 2 nitrogen and oxygen atoms in total. The summed E-state index contributed by atoms with van der Waals surface area (Å²) in [5.74, 6) is 0.997. The molecule has 2 aromatic rings. The number of fused-ring (bicyclic) bond motifs is 1. The van der Waals surface area contributed by atoms with E-state index in [0.29, 0.717) is 0 Å². The number of para-hydroxylation sites is 1. The van der Waals surface area contributed by atoms with E-state index in [4.69, 9.17) is 10.2 Å². The Hall–Kier alpha value is -1.28. The van der Waals surface area contributed by atoms with Gasteiger partial charge in [0.2, 0.25) is 0 Å². The SMILES string of the molecule is CCCC(N)Cc1cc2ccccc2o1. The van der Waals surface area contributed by atoms with Crippen molar-refractivity contribution in [3.05, 3.63) is 36.1 Å². The minimum atomic E-state index is 0.218. The lowest BCUT2D eigenvalue weighted by Crippen LogP contribution is -2.21. The van der Waals surface area contributed by atoms with Crippen molar-refractivity contribution >= 4 is 11.0 Å². The van der Waals surface area contributed by atoms with Crippen molar-refractivity contribution in [3.63, 3.8) is 0 Å². The Morgan fingerprint density at radius 2 is 2.13 bits per heavy atom. The highest BCUT2D eigenvalue weighted by atomic mass is 16.3. The monoisotopic (exact) mass is 203 g/mol. The van der Waals surface area contributed by atoms with Crippen LogP contribution in [0.4, 0.5) is 0 Å². The molecule has 1 heterocycles. The van der Waals surface area contributed by atoms with Crippen LogP contribution in [0.15, 0.2) is 34.7 Å². The Bertz CT molecular complexity index is 400. The first-order chi connectivity index (χ1) is 7.29. The molecule has 0 radical (unpaired) electrons. The lowest BCUT2D eigenvalue weighted by atomic mass is 10.1. The van der Waals surface area contributed by atoms with E-state index in [1.54, 1.807) is 0 Å². The highest BCUT2D eigenvalue weighted by molar-refractivity contribution is 5.77. The van der Waals surface area contributed by atoms with Gasteiger partial charge in [-0.3, -0.25) is 0 Å². The zero-order valence-corrected chi connectivity index (χ0v) is 9.07. The third kappa shape index (κ3) is 2.39. The van der Waals surface area contributed by atoms with E-state index in [1.807, 2.05) is 18.2 Å². The third-order valence-corrected chi connectivity index (χ3v) is 2.60. The summed E-state index contributed by atoms with van der Waals surface area (Å²) in [5, 5.41) is 1.16. The maximum Gasteiger partial charge on any atom is 0.134 e. The highest BCUT2D eigenvalue weighted by Gasteiger charge is 2.07. The minimum absolute atomic E-state index is 0.218. The molecule has 0 aliphatic carbocycles.